The number of carbonyl (C=O) groups excluding carboxylic acids is 1. The molecule has 0 aromatic carbocycles. The van der Waals surface area contributed by atoms with Crippen LogP contribution >= 0.6 is 11.6 Å². The Morgan fingerprint density at radius 1 is 1.56 bits per heavy atom. The van der Waals surface area contributed by atoms with E-state index < -0.39 is 0 Å². The van der Waals surface area contributed by atoms with Crippen LogP contribution in [0.25, 0.3) is 0 Å². The zero-order chi connectivity index (χ0) is 13.3. The lowest BCUT2D eigenvalue weighted by atomic mass is 10.1. The first-order chi connectivity index (χ1) is 8.54. The second kappa shape index (κ2) is 5.28. The molecular weight excluding hydrogens is 254 g/mol. The van der Waals surface area contributed by atoms with Crippen LogP contribution in [-0.2, 0) is 11.8 Å². The normalized spacial score (nSPS) is 20.2. The molecule has 1 fully saturated rings. The Morgan fingerprint density at radius 2 is 2.28 bits per heavy atom. The topological polar surface area (TPSA) is 47.4 Å². The molecule has 1 aliphatic heterocycles. The number of hydrogen-bond acceptors (Lipinski definition) is 3. The third-order valence-corrected chi connectivity index (χ3v) is 3.67. The van der Waals surface area contributed by atoms with Crippen LogP contribution in [0.1, 0.15) is 21.7 Å². The number of morpholine rings is 1. The lowest BCUT2D eigenvalue weighted by molar-refractivity contribution is -0.0108. The molecule has 0 radical (unpaired) electrons. The Balaban J connectivity index is 2.20. The number of amides is 1. The maximum atomic E-state index is 12.5. The van der Waals surface area contributed by atoms with E-state index in [0.29, 0.717) is 31.1 Å². The summed E-state index contributed by atoms with van der Waals surface area (Å²) in [5.41, 5.74) is 2.37. The molecule has 1 aliphatic rings. The van der Waals surface area contributed by atoms with Crippen LogP contribution in [0.2, 0.25) is 0 Å². The fraction of sp³-hybridized carbons (Fsp3) is 0.667. The molecule has 1 atom stereocenters. The summed E-state index contributed by atoms with van der Waals surface area (Å²) in [6.45, 7) is 5.48. The van der Waals surface area contributed by atoms with Gasteiger partial charge in [-0.05, 0) is 13.8 Å². The van der Waals surface area contributed by atoms with E-state index in [4.69, 9.17) is 16.3 Å². The lowest BCUT2D eigenvalue weighted by Crippen LogP contribution is -2.46. The predicted molar refractivity (Wildman–Crippen MR) is 69.0 cm³/mol. The molecule has 0 N–H and O–H groups in total. The Kier molecular flexibility index (Phi) is 3.92. The molecular formula is C12H18ClN3O2. The van der Waals surface area contributed by atoms with E-state index in [1.165, 1.54) is 0 Å². The number of hydrogen-bond donors (Lipinski definition) is 0. The number of alkyl halides is 1. The average Bonchev–Trinajstić information content (AvgIpc) is 2.62. The van der Waals surface area contributed by atoms with Crippen molar-refractivity contribution in [2.24, 2.45) is 7.05 Å². The van der Waals surface area contributed by atoms with Crippen LogP contribution in [0.3, 0.4) is 0 Å². The summed E-state index contributed by atoms with van der Waals surface area (Å²) in [5.74, 6) is 0.436. The fourth-order valence-corrected chi connectivity index (χ4v) is 2.43. The number of ether oxygens (including phenoxy) is 1. The van der Waals surface area contributed by atoms with E-state index in [0.717, 1.165) is 11.4 Å². The van der Waals surface area contributed by atoms with Gasteiger partial charge < -0.3 is 9.64 Å². The highest BCUT2D eigenvalue weighted by Gasteiger charge is 2.27. The minimum atomic E-state index is -0.0679. The van der Waals surface area contributed by atoms with E-state index in [2.05, 4.69) is 5.10 Å². The standard InChI is InChI=1S/C12H18ClN3O2/c1-8-11(9(2)15(3)14-8)12(17)16-4-5-18-10(6-13)7-16/h10H,4-7H2,1-3H3. The zero-order valence-corrected chi connectivity index (χ0v) is 11.7. The van der Waals surface area contributed by atoms with Crippen molar-refractivity contribution in [2.75, 3.05) is 25.6 Å². The van der Waals surface area contributed by atoms with Gasteiger partial charge in [0, 0.05) is 25.8 Å². The molecule has 6 heteroatoms. The highest BCUT2D eigenvalue weighted by Crippen LogP contribution is 2.17. The molecule has 1 saturated heterocycles. The molecule has 1 unspecified atom stereocenters. The largest absolute Gasteiger partial charge is 0.373 e. The Morgan fingerprint density at radius 3 is 2.83 bits per heavy atom. The average molecular weight is 272 g/mol. The Labute approximate surface area is 112 Å². The molecule has 100 valence electrons. The van der Waals surface area contributed by atoms with Gasteiger partial charge in [0.25, 0.3) is 5.91 Å². The van der Waals surface area contributed by atoms with Gasteiger partial charge in [-0.25, -0.2) is 0 Å². The molecule has 0 spiro atoms. The third kappa shape index (κ3) is 2.37. The molecule has 0 saturated carbocycles. The number of carbonyl (C=O) groups is 1. The number of nitrogens with zero attached hydrogens (tertiary/aromatic N) is 3. The molecule has 18 heavy (non-hydrogen) atoms. The summed E-state index contributed by atoms with van der Waals surface area (Å²) in [6.07, 6.45) is -0.0679. The van der Waals surface area contributed by atoms with Crippen molar-refractivity contribution in [3.63, 3.8) is 0 Å². The summed E-state index contributed by atoms with van der Waals surface area (Å²) < 4.78 is 7.20. The molecule has 2 heterocycles. The van der Waals surface area contributed by atoms with E-state index in [-0.39, 0.29) is 12.0 Å². The van der Waals surface area contributed by atoms with Gasteiger partial charge in [-0.2, -0.15) is 5.10 Å². The van der Waals surface area contributed by atoms with Gasteiger partial charge in [0.1, 0.15) is 0 Å². The number of halogens is 1. The van der Waals surface area contributed by atoms with E-state index in [1.54, 1.807) is 9.58 Å². The molecule has 0 aliphatic carbocycles. The van der Waals surface area contributed by atoms with Crippen LogP contribution in [0.5, 0.6) is 0 Å². The van der Waals surface area contributed by atoms with Crippen molar-refractivity contribution < 1.29 is 9.53 Å². The smallest absolute Gasteiger partial charge is 0.257 e. The Hall–Kier alpha value is -1.07. The second-order valence-corrected chi connectivity index (χ2v) is 4.88. The van der Waals surface area contributed by atoms with Crippen molar-refractivity contribution in [1.82, 2.24) is 14.7 Å². The van der Waals surface area contributed by atoms with Gasteiger partial charge in [-0.1, -0.05) is 0 Å². The summed E-state index contributed by atoms with van der Waals surface area (Å²) in [6, 6.07) is 0. The number of aromatic nitrogens is 2. The molecule has 1 aromatic heterocycles. The van der Waals surface area contributed by atoms with Crippen LogP contribution in [0.15, 0.2) is 0 Å². The van der Waals surface area contributed by atoms with Crippen LogP contribution in [0, 0.1) is 13.8 Å². The summed E-state index contributed by atoms with van der Waals surface area (Å²) >= 11 is 5.78. The van der Waals surface area contributed by atoms with Gasteiger partial charge in [0.2, 0.25) is 0 Å². The fourth-order valence-electron chi connectivity index (χ4n) is 2.24. The molecule has 0 bridgehead atoms. The van der Waals surface area contributed by atoms with Gasteiger partial charge in [0.05, 0.1) is 29.8 Å². The van der Waals surface area contributed by atoms with Crippen molar-refractivity contribution in [3.8, 4) is 0 Å². The van der Waals surface area contributed by atoms with E-state index in [9.17, 15) is 4.79 Å². The van der Waals surface area contributed by atoms with Gasteiger partial charge in [-0.3, -0.25) is 9.48 Å². The summed E-state index contributed by atoms with van der Waals surface area (Å²) in [4.78, 5) is 14.3. The first-order valence-electron chi connectivity index (χ1n) is 6.01. The predicted octanol–water partition coefficient (Wildman–Crippen LogP) is 1.12. The molecule has 2 rings (SSSR count). The highest BCUT2D eigenvalue weighted by molar-refractivity contribution is 6.18. The SMILES string of the molecule is Cc1nn(C)c(C)c1C(=O)N1CCOC(CCl)C1. The van der Waals surface area contributed by atoms with Crippen LogP contribution in [-0.4, -0.2) is 52.3 Å². The monoisotopic (exact) mass is 271 g/mol. The van der Waals surface area contributed by atoms with Gasteiger partial charge in [0.15, 0.2) is 0 Å². The van der Waals surface area contributed by atoms with E-state index >= 15 is 0 Å². The van der Waals surface area contributed by atoms with Gasteiger partial charge >= 0.3 is 0 Å². The third-order valence-electron chi connectivity index (χ3n) is 3.32. The van der Waals surface area contributed by atoms with Crippen molar-refractivity contribution in [2.45, 2.75) is 20.0 Å². The molecule has 1 aromatic rings. The van der Waals surface area contributed by atoms with Crippen molar-refractivity contribution >= 4 is 17.5 Å². The van der Waals surface area contributed by atoms with E-state index in [1.807, 2.05) is 20.9 Å². The highest BCUT2D eigenvalue weighted by atomic mass is 35.5. The van der Waals surface area contributed by atoms with Crippen LogP contribution < -0.4 is 0 Å². The number of rotatable bonds is 2. The first kappa shape index (κ1) is 13.4. The Bertz CT molecular complexity index is 458. The van der Waals surface area contributed by atoms with Gasteiger partial charge in [-0.15, -0.1) is 11.6 Å². The summed E-state index contributed by atoms with van der Waals surface area (Å²) in [5, 5.41) is 4.28. The molecule has 5 nitrogen and oxygen atoms in total. The van der Waals surface area contributed by atoms with Crippen molar-refractivity contribution in [3.05, 3.63) is 17.0 Å². The number of aryl methyl sites for hydroxylation is 2. The second-order valence-electron chi connectivity index (χ2n) is 4.57. The zero-order valence-electron chi connectivity index (χ0n) is 10.9. The minimum absolute atomic E-state index is 0.0246. The summed E-state index contributed by atoms with van der Waals surface area (Å²) in [7, 11) is 1.85. The lowest BCUT2D eigenvalue weighted by Gasteiger charge is -2.32. The maximum absolute atomic E-state index is 12.5. The maximum Gasteiger partial charge on any atom is 0.257 e. The quantitative estimate of drug-likeness (QED) is 0.758. The van der Waals surface area contributed by atoms with Crippen molar-refractivity contribution in [1.29, 1.82) is 0 Å². The minimum Gasteiger partial charge on any atom is -0.373 e. The first-order valence-corrected chi connectivity index (χ1v) is 6.55. The van der Waals surface area contributed by atoms with Crippen LogP contribution in [0.4, 0.5) is 0 Å². The molecule has 1 amide bonds.